The highest BCUT2D eigenvalue weighted by Gasteiger charge is 1.60. The first-order chi connectivity index (χ1) is 15.0. The van der Waals surface area contributed by atoms with Crippen molar-refractivity contribution in [1.82, 2.24) is 15.0 Å². The van der Waals surface area contributed by atoms with Crippen molar-refractivity contribution in [3.63, 3.8) is 0 Å². The summed E-state index contributed by atoms with van der Waals surface area (Å²) in [5, 5.41) is 0. The Morgan fingerprint density at radius 1 is 0.167 bits per heavy atom. The summed E-state index contributed by atoms with van der Waals surface area (Å²) < 4.78 is 0. The molecule has 0 unspecified atom stereocenters. The predicted octanol–water partition coefficient (Wildman–Crippen LogP) is 6.62. The van der Waals surface area contributed by atoms with Crippen molar-refractivity contribution in [2.45, 2.75) is 0 Å². The van der Waals surface area contributed by atoms with E-state index in [-0.39, 0.29) is 0 Å². The van der Waals surface area contributed by atoms with E-state index in [1.165, 1.54) is 0 Å². The smallest absolute Gasteiger partial charge is 0.0451 e. The minimum atomic E-state index is 1.60. The molecule has 0 bridgehead atoms. The van der Waals surface area contributed by atoms with Crippen molar-refractivity contribution < 1.29 is 0 Å². The van der Waals surface area contributed by atoms with E-state index < -0.39 is 0 Å². The predicted molar refractivity (Wildman–Crippen MR) is 126 cm³/mol. The van der Waals surface area contributed by atoms with E-state index in [9.17, 15) is 0 Å². The summed E-state index contributed by atoms with van der Waals surface area (Å²) in [4.78, 5) is 12.2. The minimum absolute atomic E-state index is 1.60. The highest BCUT2D eigenvalue weighted by atomic mass is 14.7. The Balaban J connectivity index is 3.00. The van der Waals surface area contributed by atoms with E-state index in [1.54, 1.807) is 37.2 Å². The first-order valence-corrected chi connectivity index (χ1v) is 9.55. The second kappa shape index (κ2) is 21.2. The van der Waals surface area contributed by atoms with Crippen LogP contribution in [0.1, 0.15) is 0 Å². The molecule has 0 N–H and O–H groups in total. The van der Waals surface area contributed by atoms with Crippen LogP contribution in [-0.2, 0) is 0 Å². The molecule has 0 amide bonds. The van der Waals surface area contributed by atoms with E-state index in [4.69, 9.17) is 0 Å². The van der Waals surface area contributed by atoms with Crippen LogP contribution in [0.25, 0.3) is 0 Å². The van der Waals surface area contributed by atoms with Crippen LogP contribution in [0.4, 0.5) is 0 Å². The summed E-state index contributed by atoms with van der Waals surface area (Å²) in [6, 6.07) is 41.0. The molecule has 0 fully saturated rings. The molecule has 1 aromatic heterocycles. The van der Waals surface area contributed by atoms with Gasteiger partial charge in [-0.15, -0.1) is 0 Å². The lowest BCUT2D eigenvalue weighted by Crippen LogP contribution is -1.62. The molecule has 0 radical (unpaired) electrons. The Kier molecular flexibility index (Phi) is 16.9. The summed E-state index contributed by atoms with van der Waals surface area (Å²) in [6.45, 7) is 0. The molecule has 0 saturated heterocycles. The number of rotatable bonds is 0. The van der Waals surface area contributed by atoms with Crippen LogP contribution in [0, 0.1) is 0 Å². The monoisotopic (exact) mass is 393 g/mol. The third-order valence-corrected chi connectivity index (χ3v) is 3.04. The number of hydrogen-bond acceptors (Lipinski definition) is 3. The zero-order chi connectivity index (χ0) is 21.2. The zero-order valence-electron chi connectivity index (χ0n) is 16.9. The number of nitrogens with zero attached hydrogens (tertiary/aromatic N) is 3. The SMILES string of the molecule is c1cccccccccccnccnccnccccccccccc1. The molecule has 0 atom stereocenters. The number of hydrogen-bond donors (Lipinski definition) is 0. The van der Waals surface area contributed by atoms with Gasteiger partial charge in [-0.3, -0.25) is 15.0 Å². The van der Waals surface area contributed by atoms with E-state index in [2.05, 4.69) is 15.0 Å². The van der Waals surface area contributed by atoms with Crippen LogP contribution in [0.3, 0.4) is 0 Å². The lowest BCUT2D eigenvalue weighted by atomic mass is 10.4. The van der Waals surface area contributed by atoms with Crippen molar-refractivity contribution in [2.24, 2.45) is 0 Å². The van der Waals surface area contributed by atoms with Crippen LogP contribution >= 0.6 is 0 Å². The number of aromatic nitrogens is 3. The molecule has 0 spiro atoms. The van der Waals surface area contributed by atoms with Gasteiger partial charge in [-0.1, -0.05) is 115 Å². The topological polar surface area (TPSA) is 38.7 Å². The molecule has 1 heterocycles. The first kappa shape index (κ1) is 23.9. The molecule has 3 heteroatoms. The molecule has 0 aromatic carbocycles. The summed E-state index contributed by atoms with van der Waals surface area (Å²) >= 11 is 0. The molecular formula is C27H27N3. The van der Waals surface area contributed by atoms with E-state index in [1.807, 2.05) is 127 Å². The Morgan fingerprint density at radius 3 is 0.567 bits per heavy atom. The maximum atomic E-state index is 4.08. The van der Waals surface area contributed by atoms with E-state index in [0.29, 0.717) is 0 Å². The van der Waals surface area contributed by atoms with Gasteiger partial charge >= 0.3 is 0 Å². The van der Waals surface area contributed by atoms with Crippen molar-refractivity contribution in [2.75, 3.05) is 0 Å². The Morgan fingerprint density at radius 2 is 0.333 bits per heavy atom. The van der Waals surface area contributed by atoms with Crippen LogP contribution in [-0.4, -0.2) is 15.0 Å². The maximum absolute atomic E-state index is 4.08. The molecule has 0 saturated carbocycles. The van der Waals surface area contributed by atoms with Gasteiger partial charge < -0.3 is 0 Å². The summed E-state index contributed by atoms with van der Waals surface area (Å²) in [5.41, 5.74) is 0. The minimum Gasteiger partial charge on any atom is -0.263 e. The third-order valence-electron chi connectivity index (χ3n) is 3.04. The maximum Gasteiger partial charge on any atom is 0.0451 e. The van der Waals surface area contributed by atoms with Crippen molar-refractivity contribution in [3.05, 3.63) is 165 Å². The fourth-order valence-electron chi connectivity index (χ4n) is 1.72. The largest absolute Gasteiger partial charge is 0.263 e. The molecule has 1 aromatic rings. The molecular weight excluding hydrogens is 366 g/mol. The van der Waals surface area contributed by atoms with Crippen molar-refractivity contribution in [1.29, 1.82) is 0 Å². The molecule has 150 valence electrons. The van der Waals surface area contributed by atoms with Crippen LogP contribution in [0.15, 0.2) is 165 Å². The summed E-state index contributed by atoms with van der Waals surface area (Å²) in [5.74, 6) is 0. The average Bonchev–Trinajstić information content (AvgIpc) is 2.76. The third kappa shape index (κ3) is 18.7. The molecule has 0 aliphatic heterocycles. The highest BCUT2D eigenvalue weighted by molar-refractivity contribution is 4.99. The fourth-order valence-corrected chi connectivity index (χ4v) is 1.72. The molecule has 0 aliphatic carbocycles. The fraction of sp³-hybridized carbons (Fsp3) is 0. The molecule has 0 aliphatic rings. The van der Waals surface area contributed by atoms with Crippen LogP contribution in [0.2, 0.25) is 0 Å². The van der Waals surface area contributed by atoms with Crippen molar-refractivity contribution in [3.8, 4) is 0 Å². The first-order valence-electron chi connectivity index (χ1n) is 9.55. The van der Waals surface area contributed by atoms with Crippen LogP contribution < -0.4 is 0 Å². The zero-order valence-corrected chi connectivity index (χ0v) is 16.9. The lowest BCUT2D eigenvalue weighted by Gasteiger charge is -1.70. The van der Waals surface area contributed by atoms with Gasteiger partial charge in [0.05, 0.1) is 0 Å². The summed E-state index contributed by atoms with van der Waals surface area (Å²) in [6.07, 6.45) is 9.81. The quantitative estimate of drug-likeness (QED) is 0.497. The second-order valence-electron chi connectivity index (χ2n) is 5.38. The summed E-state index contributed by atoms with van der Waals surface area (Å²) in [7, 11) is 0. The van der Waals surface area contributed by atoms with Gasteiger partial charge in [0.1, 0.15) is 0 Å². The van der Waals surface area contributed by atoms with Gasteiger partial charge in [0.25, 0.3) is 0 Å². The molecule has 30 heavy (non-hydrogen) atoms. The second-order valence-corrected chi connectivity index (χ2v) is 5.38. The Bertz CT molecular complexity index is 557. The van der Waals surface area contributed by atoms with Crippen LogP contribution in [0.5, 0.6) is 0 Å². The average molecular weight is 394 g/mol. The lowest BCUT2D eigenvalue weighted by molar-refractivity contribution is 1.25. The molecule has 1 rings (SSSR count). The van der Waals surface area contributed by atoms with E-state index >= 15 is 0 Å². The van der Waals surface area contributed by atoms with Gasteiger partial charge in [0.2, 0.25) is 0 Å². The van der Waals surface area contributed by atoms with E-state index in [0.717, 1.165) is 0 Å². The van der Waals surface area contributed by atoms with Gasteiger partial charge in [-0.25, -0.2) is 0 Å². The van der Waals surface area contributed by atoms with Gasteiger partial charge in [-0.2, -0.15) is 0 Å². The normalized spacial score (nSPS) is 8.00. The van der Waals surface area contributed by atoms with Gasteiger partial charge in [0, 0.05) is 37.2 Å². The highest BCUT2D eigenvalue weighted by Crippen LogP contribution is 1.80. The standard InChI is InChI=1S/C27H27N3/c1-2-4-6-8-10-12-14-16-18-20-22-28-24-26-30-27-25-29-23-21-19-17-15-13-11-9-7-5-3-1/h1-27H. The van der Waals surface area contributed by atoms with Gasteiger partial charge in [0.15, 0.2) is 0 Å². The molecule has 3 nitrogen and oxygen atoms in total. The Hall–Kier alpha value is -4.11. The van der Waals surface area contributed by atoms with Crippen molar-refractivity contribution >= 4 is 0 Å². The Labute approximate surface area is 179 Å². The van der Waals surface area contributed by atoms with Gasteiger partial charge in [-0.05, 0) is 12.1 Å².